The van der Waals surface area contributed by atoms with Crippen molar-refractivity contribution in [2.45, 2.75) is 27.3 Å². The van der Waals surface area contributed by atoms with Crippen molar-refractivity contribution in [3.05, 3.63) is 47.5 Å². The number of hydrogen-bond donors (Lipinski definition) is 0. The molecule has 1 aliphatic rings. The molecule has 0 amide bonds. The van der Waals surface area contributed by atoms with Crippen LogP contribution in [0, 0.1) is 13.8 Å². The number of morpholine rings is 1. The summed E-state index contributed by atoms with van der Waals surface area (Å²) >= 11 is 0. The molecule has 0 N–H and O–H groups in total. The van der Waals surface area contributed by atoms with Crippen LogP contribution in [0.25, 0.3) is 11.0 Å². The first kappa shape index (κ1) is 17.7. The maximum absolute atomic E-state index is 5.41. The molecule has 1 aromatic heterocycles. The van der Waals surface area contributed by atoms with Crippen LogP contribution in [0.3, 0.4) is 0 Å². The molecule has 0 spiro atoms. The highest BCUT2D eigenvalue weighted by Gasteiger charge is 2.12. The minimum absolute atomic E-state index is 0.648. The highest BCUT2D eigenvalue weighted by atomic mass is 16.5. The molecule has 2 aromatic carbocycles. The van der Waals surface area contributed by atoms with Crippen LogP contribution in [0.1, 0.15) is 18.1 Å². The maximum atomic E-state index is 5.41. The number of anilines is 1. The largest absolute Gasteiger partial charge is 0.378 e. The van der Waals surface area contributed by atoms with Crippen LogP contribution in [0.2, 0.25) is 0 Å². The lowest BCUT2D eigenvalue weighted by molar-refractivity contribution is 0.122. The zero-order chi connectivity index (χ0) is 18.8. The molecular weight excluding hydrogens is 338 g/mol. The Labute approximate surface area is 159 Å². The number of ether oxygens (including phenoxy) is 1. The first-order chi connectivity index (χ1) is 13.2. The molecule has 1 fully saturated rings. The van der Waals surface area contributed by atoms with Gasteiger partial charge in [0.25, 0.3) is 0 Å². The zero-order valence-electron chi connectivity index (χ0n) is 16.1. The molecule has 140 valence electrons. The molecule has 2 heterocycles. The van der Waals surface area contributed by atoms with Gasteiger partial charge in [-0.15, -0.1) is 10.2 Å². The molecule has 0 atom stereocenters. The Balaban J connectivity index is 1.58. The Bertz CT molecular complexity index is 968. The lowest BCUT2D eigenvalue weighted by Crippen LogP contribution is -2.36. The second kappa shape index (κ2) is 7.48. The average molecular weight is 363 g/mol. The molecule has 6 heteroatoms. The fourth-order valence-corrected chi connectivity index (χ4v) is 3.41. The summed E-state index contributed by atoms with van der Waals surface area (Å²) < 4.78 is 7.51. The predicted molar refractivity (Wildman–Crippen MR) is 109 cm³/mol. The number of hydrogen-bond acceptors (Lipinski definition) is 5. The van der Waals surface area contributed by atoms with E-state index < -0.39 is 0 Å². The predicted octanol–water partition coefficient (Wildman–Crippen LogP) is 4.93. The lowest BCUT2D eigenvalue weighted by Gasteiger charge is -2.28. The smallest absolute Gasteiger partial charge is 0.250 e. The maximum Gasteiger partial charge on any atom is 0.250 e. The third kappa shape index (κ3) is 3.57. The number of benzene rings is 2. The summed E-state index contributed by atoms with van der Waals surface area (Å²) in [4.78, 5) is 7.00. The molecule has 3 aromatic rings. The number of rotatable bonds is 4. The van der Waals surface area contributed by atoms with Crippen LogP contribution in [-0.2, 0) is 11.3 Å². The van der Waals surface area contributed by atoms with Crippen LogP contribution in [0.4, 0.5) is 17.3 Å². The fraction of sp³-hybridized carbons (Fsp3) is 0.381. The van der Waals surface area contributed by atoms with Gasteiger partial charge in [-0.2, -0.15) is 0 Å². The molecular formula is C21H25N5O. The van der Waals surface area contributed by atoms with E-state index in [1.165, 1.54) is 16.8 Å². The summed E-state index contributed by atoms with van der Waals surface area (Å²) in [5, 5.41) is 8.84. The van der Waals surface area contributed by atoms with Crippen LogP contribution in [-0.4, -0.2) is 35.9 Å². The van der Waals surface area contributed by atoms with E-state index in [1.54, 1.807) is 0 Å². The molecule has 4 rings (SSSR count). The van der Waals surface area contributed by atoms with Crippen molar-refractivity contribution in [2.24, 2.45) is 10.2 Å². The number of fused-ring (bicyclic) bond motifs is 1. The SMILES string of the molecule is CCn1c(N=Nc2ccc(N3CCOCC3)cc2)nc2cc(C)c(C)cc21. The van der Waals surface area contributed by atoms with Gasteiger partial charge in [-0.3, -0.25) is 0 Å². The lowest BCUT2D eigenvalue weighted by atomic mass is 10.1. The van der Waals surface area contributed by atoms with Gasteiger partial charge in [0.2, 0.25) is 5.95 Å². The van der Waals surface area contributed by atoms with Gasteiger partial charge in [-0.05, 0) is 68.3 Å². The van der Waals surface area contributed by atoms with E-state index in [1.807, 2.05) is 12.1 Å². The van der Waals surface area contributed by atoms with Gasteiger partial charge in [-0.25, -0.2) is 4.98 Å². The molecule has 1 aliphatic heterocycles. The van der Waals surface area contributed by atoms with Gasteiger partial charge >= 0.3 is 0 Å². The minimum atomic E-state index is 0.648. The normalized spacial score (nSPS) is 15.1. The van der Waals surface area contributed by atoms with E-state index in [0.717, 1.165) is 49.6 Å². The zero-order valence-corrected chi connectivity index (χ0v) is 16.1. The molecule has 0 radical (unpaired) electrons. The Morgan fingerprint density at radius 1 is 1.00 bits per heavy atom. The Kier molecular flexibility index (Phi) is 4.90. The standard InChI is InChI=1S/C21H25N5O/c1-4-26-20-14-16(3)15(2)13-19(20)22-21(26)24-23-17-5-7-18(8-6-17)25-9-11-27-12-10-25/h5-8,13-14H,4,9-12H2,1-3H3. The average Bonchev–Trinajstić information content (AvgIpc) is 3.04. The summed E-state index contributed by atoms with van der Waals surface area (Å²) in [6.07, 6.45) is 0. The van der Waals surface area contributed by atoms with Gasteiger partial charge < -0.3 is 14.2 Å². The topological polar surface area (TPSA) is 55.0 Å². The number of azo groups is 1. The van der Waals surface area contributed by atoms with Crippen molar-refractivity contribution >= 4 is 28.4 Å². The van der Waals surface area contributed by atoms with Crippen molar-refractivity contribution in [1.82, 2.24) is 9.55 Å². The summed E-state index contributed by atoms with van der Waals surface area (Å²) in [6.45, 7) is 10.6. The van der Waals surface area contributed by atoms with Crippen molar-refractivity contribution in [3.63, 3.8) is 0 Å². The highest BCUT2D eigenvalue weighted by molar-refractivity contribution is 5.80. The third-order valence-corrected chi connectivity index (χ3v) is 5.14. The fourth-order valence-electron chi connectivity index (χ4n) is 3.41. The number of aromatic nitrogens is 2. The first-order valence-electron chi connectivity index (χ1n) is 9.47. The summed E-state index contributed by atoms with van der Waals surface area (Å²) in [5.74, 6) is 0.648. The molecule has 0 unspecified atom stereocenters. The monoisotopic (exact) mass is 363 g/mol. The Hall–Kier alpha value is -2.73. The van der Waals surface area contributed by atoms with Crippen molar-refractivity contribution in [2.75, 3.05) is 31.2 Å². The van der Waals surface area contributed by atoms with E-state index in [9.17, 15) is 0 Å². The number of nitrogens with zero attached hydrogens (tertiary/aromatic N) is 5. The van der Waals surface area contributed by atoms with Gasteiger partial charge in [0.05, 0.1) is 29.9 Å². The van der Waals surface area contributed by atoms with E-state index >= 15 is 0 Å². The van der Waals surface area contributed by atoms with Crippen LogP contribution >= 0.6 is 0 Å². The van der Waals surface area contributed by atoms with E-state index in [4.69, 9.17) is 4.74 Å². The van der Waals surface area contributed by atoms with Gasteiger partial charge in [0, 0.05) is 25.3 Å². The van der Waals surface area contributed by atoms with Crippen LogP contribution in [0.15, 0.2) is 46.6 Å². The first-order valence-corrected chi connectivity index (χ1v) is 9.47. The summed E-state index contributed by atoms with van der Waals surface area (Å²) in [5.41, 5.74) is 6.61. The molecule has 1 saturated heterocycles. The minimum Gasteiger partial charge on any atom is -0.378 e. The van der Waals surface area contributed by atoms with Gasteiger partial charge in [-0.1, -0.05) is 0 Å². The summed E-state index contributed by atoms with van der Waals surface area (Å²) in [7, 11) is 0. The third-order valence-electron chi connectivity index (χ3n) is 5.14. The second-order valence-corrected chi connectivity index (χ2v) is 6.90. The molecule has 0 saturated carbocycles. The van der Waals surface area contributed by atoms with E-state index in [2.05, 4.69) is 69.7 Å². The highest BCUT2D eigenvalue weighted by Crippen LogP contribution is 2.27. The Morgan fingerprint density at radius 3 is 2.41 bits per heavy atom. The molecule has 0 bridgehead atoms. The summed E-state index contributed by atoms with van der Waals surface area (Å²) in [6, 6.07) is 12.5. The quantitative estimate of drug-likeness (QED) is 0.618. The number of aryl methyl sites for hydroxylation is 3. The van der Waals surface area contributed by atoms with Crippen molar-refractivity contribution in [1.29, 1.82) is 0 Å². The van der Waals surface area contributed by atoms with Crippen LogP contribution in [0.5, 0.6) is 0 Å². The van der Waals surface area contributed by atoms with E-state index in [-0.39, 0.29) is 0 Å². The van der Waals surface area contributed by atoms with Crippen molar-refractivity contribution < 1.29 is 4.74 Å². The second-order valence-electron chi connectivity index (χ2n) is 6.90. The number of imidazole rings is 1. The molecule has 0 aliphatic carbocycles. The Morgan fingerprint density at radius 2 is 1.70 bits per heavy atom. The van der Waals surface area contributed by atoms with Crippen molar-refractivity contribution in [3.8, 4) is 0 Å². The van der Waals surface area contributed by atoms with Gasteiger partial charge in [0.1, 0.15) is 0 Å². The molecule has 6 nitrogen and oxygen atoms in total. The molecule has 27 heavy (non-hydrogen) atoms. The van der Waals surface area contributed by atoms with Crippen LogP contribution < -0.4 is 4.90 Å². The van der Waals surface area contributed by atoms with E-state index in [0.29, 0.717) is 5.95 Å². The van der Waals surface area contributed by atoms with Gasteiger partial charge in [0.15, 0.2) is 0 Å².